The number of halogens is 3. The summed E-state index contributed by atoms with van der Waals surface area (Å²) in [5.74, 6) is 0.304. The number of benzene rings is 2. The first-order chi connectivity index (χ1) is 11.9. The van der Waals surface area contributed by atoms with Crippen LogP contribution in [0.25, 0.3) is 0 Å². The highest BCUT2D eigenvalue weighted by atomic mass is 19.4. The minimum atomic E-state index is -4.68. The summed E-state index contributed by atoms with van der Waals surface area (Å²) in [6.07, 6.45) is -2.92. The lowest BCUT2D eigenvalue weighted by molar-refractivity contribution is -0.274. The van der Waals surface area contributed by atoms with Crippen LogP contribution in [-0.2, 0) is 0 Å². The third-order valence-corrected chi connectivity index (χ3v) is 4.10. The van der Waals surface area contributed by atoms with Crippen molar-refractivity contribution in [3.05, 3.63) is 61.0 Å². The first-order valence-corrected chi connectivity index (χ1v) is 8.08. The predicted octanol–water partition coefficient (Wildman–Crippen LogP) is 4.82. The molecule has 1 radical (unpaired) electrons. The van der Waals surface area contributed by atoms with Gasteiger partial charge in [0, 0.05) is 31.6 Å². The van der Waals surface area contributed by atoms with E-state index in [4.69, 9.17) is 4.74 Å². The second kappa shape index (κ2) is 7.25. The Morgan fingerprint density at radius 2 is 1.44 bits per heavy atom. The molecule has 1 fully saturated rings. The molecule has 133 valence electrons. The van der Waals surface area contributed by atoms with Crippen LogP contribution >= 0.6 is 0 Å². The number of piperidine rings is 1. The minimum absolute atomic E-state index is 0.0535. The second-order valence-corrected chi connectivity index (χ2v) is 5.99. The fourth-order valence-corrected chi connectivity index (χ4v) is 2.85. The molecule has 0 amide bonds. The van der Waals surface area contributed by atoms with Crippen molar-refractivity contribution < 1.29 is 22.6 Å². The van der Waals surface area contributed by atoms with Crippen molar-refractivity contribution in [2.45, 2.75) is 25.3 Å². The maximum Gasteiger partial charge on any atom is 0.573 e. The predicted molar refractivity (Wildman–Crippen MR) is 89.9 cm³/mol. The van der Waals surface area contributed by atoms with Crippen molar-refractivity contribution in [1.29, 1.82) is 0 Å². The minimum Gasteiger partial charge on any atom is -0.490 e. The molecule has 25 heavy (non-hydrogen) atoms. The van der Waals surface area contributed by atoms with E-state index < -0.39 is 6.36 Å². The van der Waals surface area contributed by atoms with E-state index in [2.05, 4.69) is 28.7 Å². The van der Waals surface area contributed by atoms with Crippen molar-refractivity contribution in [1.82, 2.24) is 0 Å². The lowest BCUT2D eigenvalue weighted by Gasteiger charge is -2.33. The molecule has 0 atom stereocenters. The van der Waals surface area contributed by atoms with Gasteiger partial charge in [0.2, 0.25) is 0 Å². The Bertz CT molecular complexity index is 675. The Hall–Kier alpha value is -2.37. The van der Waals surface area contributed by atoms with Gasteiger partial charge in [0.1, 0.15) is 17.6 Å². The normalized spacial score (nSPS) is 15.9. The number of alkyl halides is 3. The molecule has 3 nitrogen and oxygen atoms in total. The highest BCUT2D eigenvalue weighted by molar-refractivity contribution is 5.48. The molecular weight excluding hydrogens is 331 g/mol. The Kier molecular flexibility index (Phi) is 5.06. The molecule has 1 aliphatic rings. The molecule has 0 unspecified atom stereocenters. The van der Waals surface area contributed by atoms with Gasteiger partial charge in [-0.1, -0.05) is 12.1 Å². The maximum absolute atomic E-state index is 12.2. The van der Waals surface area contributed by atoms with Gasteiger partial charge in [-0.3, -0.25) is 0 Å². The monoisotopic (exact) mass is 350 g/mol. The van der Waals surface area contributed by atoms with E-state index in [1.165, 1.54) is 30.0 Å². The van der Waals surface area contributed by atoms with Crippen LogP contribution in [0.3, 0.4) is 0 Å². The van der Waals surface area contributed by atoms with Crippen LogP contribution in [-0.4, -0.2) is 25.6 Å². The third kappa shape index (κ3) is 5.05. The Balaban J connectivity index is 1.51. The van der Waals surface area contributed by atoms with Gasteiger partial charge in [-0.05, 0) is 48.9 Å². The van der Waals surface area contributed by atoms with Crippen LogP contribution in [0.15, 0.2) is 48.5 Å². The highest BCUT2D eigenvalue weighted by Crippen LogP contribution is 2.27. The Morgan fingerprint density at radius 3 is 2.00 bits per heavy atom. The summed E-state index contributed by atoms with van der Waals surface area (Å²) in [6.45, 7) is 5.62. The lowest BCUT2D eigenvalue weighted by atomic mass is 10.1. The molecule has 1 heterocycles. The summed E-state index contributed by atoms with van der Waals surface area (Å²) in [5.41, 5.74) is 2.15. The molecule has 2 aromatic rings. The smallest absolute Gasteiger partial charge is 0.490 e. The van der Waals surface area contributed by atoms with E-state index in [1.807, 2.05) is 12.1 Å². The summed E-state index contributed by atoms with van der Waals surface area (Å²) in [6, 6.07) is 13.6. The van der Waals surface area contributed by atoms with E-state index in [1.54, 1.807) is 0 Å². The molecule has 3 rings (SSSR count). The van der Waals surface area contributed by atoms with E-state index in [-0.39, 0.29) is 11.9 Å². The topological polar surface area (TPSA) is 21.7 Å². The van der Waals surface area contributed by atoms with Crippen LogP contribution in [0.4, 0.5) is 18.9 Å². The van der Waals surface area contributed by atoms with Crippen LogP contribution in [0.2, 0.25) is 0 Å². The highest BCUT2D eigenvalue weighted by Gasteiger charge is 2.31. The van der Waals surface area contributed by atoms with Crippen LogP contribution in [0, 0.1) is 6.92 Å². The molecule has 0 saturated carbocycles. The first kappa shape index (κ1) is 17.5. The Labute approximate surface area is 145 Å². The third-order valence-electron chi connectivity index (χ3n) is 4.10. The molecule has 0 aliphatic carbocycles. The van der Waals surface area contributed by atoms with Gasteiger partial charge in [0.25, 0.3) is 0 Å². The molecule has 0 N–H and O–H groups in total. The molecular formula is C19H19F3NO2. The van der Waals surface area contributed by atoms with E-state index >= 15 is 0 Å². The molecule has 1 saturated heterocycles. The number of rotatable bonds is 4. The van der Waals surface area contributed by atoms with Crippen LogP contribution in [0.1, 0.15) is 18.4 Å². The first-order valence-electron chi connectivity index (χ1n) is 8.08. The fraction of sp³-hybridized carbons (Fsp3) is 0.316. The van der Waals surface area contributed by atoms with Crippen molar-refractivity contribution in [3.63, 3.8) is 0 Å². The van der Waals surface area contributed by atoms with Crippen molar-refractivity contribution in [2.24, 2.45) is 0 Å². The molecule has 0 spiro atoms. The summed E-state index contributed by atoms with van der Waals surface area (Å²) < 4.78 is 46.2. The van der Waals surface area contributed by atoms with Gasteiger partial charge in [-0.15, -0.1) is 13.2 Å². The molecule has 1 aliphatic heterocycles. The van der Waals surface area contributed by atoms with Crippen LogP contribution in [0.5, 0.6) is 11.5 Å². The molecule has 2 aromatic carbocycles. The zero-order valence-electron chi connectivity index (χ0n) is 13.6. The number of hydrogen-bond donors (Lipinski definition) is 0. The lowest BCUT2D eigenvalue weighted by Crippen LogP contribution is -2.38. The average Bonchev–Trinajstić information content (AvgIpc) is 2.57. The number of anilines is 1. The molecule has 0 aromatic heterocycles. The fourth-order valence-electron chi connectivity index (χ4n) is 2.85. The van der Waals surface area contributed by atoms with Gasteiger partial charge in [-0.2, -0.15) is 0 Å². The number of ether oxygens (including phenoxy) is 2. The zero-order valence-corrected chi connectivity index (χ0v) is 13.6. The average molecular weight is 350 g/mol. The van der Waals surface area contributed by atoms with Crippen molar-refractivity contribution in [3.8, 4) is 11.5 Å². The van der Waals surface area contributed by atoms with Crippen LogP contribution < -0.4 is 14.4 Å². The molecule has 6 heteroatoms. The zero-order chi connectivity index (χ0) is 17.9. The summed E-state index contributed by atoms with van der Waals surface area (Å²) in [7, 11) is 0. The molecule has 0 bridgehead atoms. The Morgan fingerprint density at radius 1 is 0.880 bits per heavy atom. The van der Waals surface area contributed by atoms with Gasteiger partial charge >= 0.3 is 6.36 Å². The maximum atomic E-state index is 12.2. The number of nitrogens with zero attached hydrogens (tertiary/aromatic N) is 1. The van der Waals surface area contributed by atoms with Gasteiger partial charge in [-0.25, -0.2) is 0 Å². The van der Waals surface area contributed by atoms with Crippen molar-refractivity contribution >= 4 is 5.69 Å². The summed E-state index contributed by atoms with van der Waals surface area (Å²) in [5, 5.41) is 0. The SMILES string of the molecule is [CH2]c1ccc(N2CCC(Oc3ccc(OC(F)(F)F)cc3)CC2)cc1. The second-order valence-electron chi connectivity index (χ2n) is 5.99. The largest absolute Gasteiger partial charge is 0.573 e. The van der Waals surface area contributed by atoms with E-state index in [0.717, 1.165) is 31.5 Å². The summed E-state index contributed by atoms with van der Waals surface area (Å²) >= 11 is 0. The van der Waals surface area contributed by atoms with Crippen molar-refractivity contribution in [2.75, 3.05) is 18.0 Å². The summed E-state index contributed by atoms with van der Waals surface area (Å²) in [4.78, 5) is 2.29. The van der Waals surface area contributed by atoms with E-state index in [9.17, 15) is 13.2 Å². The van der Waals surface area contributed by atoms with E-state index in [0.29, 0.717) is 5.75 Å². The standard InChI is InChI=1S/C19H19F3NO2/c1-14-2-4-15(5-3-14)23-12-10-17(11-13-23)24-16-6-8-18(9-7-16)25-19(20,21)22/h2-9,17H,1,10-13H2. The van der Waals surface area contributed by atoms with Gasteiger partial charge < -0.3 is 14.4 Å². The van der Waals surface area contributed by atoms with Gasteiger partial charge in [0.05, 0.1) is 0 Å². The van der Waals surface area contributed by atoms with Gasteiger partial charge in [0.15, 0.2) is 0 Å². The number of hydrogen-bond acceptors (Lipinski definition) is 3. The quantitative estimate of drug-likeness (QED) is 0.789.